The Morgan fingerprint density at radius 3 is 2.84 bits per heavy atom. The number of rotatable bonds is 3. The summed E-state index contributed by atoms with van der Waals surface area (Å²) in [5.74, 6) is 0.647. The minimum absolute atomic E-state index is 0.202. The lowest BCUT2D eigenvalue weighted by Crippen LogP contribution is -2.17. The van der Waals surface area contributed by atoms with Crippen LogP contribution in [0.3, 0.4) is 0 Å². The van der Waals surface area contributed by atoms with E-state index in [0.717, 1.165) is 17.2 Å². The lowest BCUT2D eigenvalue weighted by Gasteiger charge is -2.16. The molecule has 1 heterocycles. The first-order valence-corrected chi connectivity index (χ1v) is 6.80. The van der Waals surface area contributed by atoms with Crippen molar-refractivity contribution >= 4 is 5.95 Å². The number of hydrogen-bond donors (Lipinski definition) is 1. The van der Waals surface area contributed by atoms with Gasteiger partial charge in [0, 0.05) is 18.4 Å². The largest absolute Gasteiger partial charge is 0.353 e. The fourth-order valence-electron chi connectivity index (χ4n) is 2.75. The Balaban J connectivity index is 1.90. The number of halogens is 1. The van der Waals surface area contributed by atoms with Gasteiger partial charge in [-0.15, -0.1) is 0 Å². The molecule has 0 radical (unpaired) electrons. The van der Waals surface area contributed by atoms with Crippen LogP contribution in [0.5, 0.6) is 0 Å². The Labute approximate surface area is 112 Å². The molecule has 1 fully saturated rings. The summed E-state index contributed by atoms with van der Waals surface area (Å²) >= 11 is 0. The summed E-state index contributed by atoms with van der Waals surface area (Å²) in [4.78, 5) is 4.38. The standard InChI is InChI=1S/C15H18FN3/c1-11-10-12(16)6-7-14(11)19-9-8-17-15(19)18-13-4-2-3-5-13/h6-10,13H,2-5H2,1H3,(H,17,18). The van der Waals surface area contributed by atoms with Crippen molar-refractivity contribution in [2.75, 3.05) is 5.32 Å². The molecular weight excluding hydrogens is 241 g/mol. The van der Waals surface area contributed by atoms with Crippen LogP contribution in [0, 0.1) is 12.7 Å². The summed E-state index contributed by atoms with van der Waals surface area (Å²) < 4.78 is 15.2. The van der Waals surface area contributed by atoms with E-state index >= 15 is 0 Å². The van der Waals surface area contributed by atoms with Gasteiger partial charge in [-0.05, 0) is 43.5 Å². The van der Waals surface area contributed by atoms with Crippen LogP contribution in [-0.4, -0.2) is 15.6 Å². The van der Waals surface area contributed by atoms with Gasteiger partial charge in [0.1, 0.15) is 5.82 Å². The summed E-state index contributed by atoms with van der Waals surface area (Å²) in [6, 6.07) is 5.35. The van der Waals surface area contributed by atoms with E-state index in [1.54, 1.807) is 18.3 Å². The SMILES string of the molecule is Cc1cc(F)ccc1-n1ccnc1NC1CCCC1. The van der Waals surface area contributed by atoms with E-state index in [1.807, 2.05) is 17.7 Å². The van der Waals surface area contributed by atoms with E-state index in [1.165, 1.54) is 31.7 Å². The summed E-state index contributed by atoms with van der Waals surface area (Å²) in [6.07, 6.45) is 8.67. The van der Waals surface area contributed by atoms with Crippen molar-refractivity contribution in [3.8, 4) is 5.69 Å². The predicted molar refractivity (Wildman–Crippen MR) is 74.1 cm³/mol. The van der Waals surface area contributed by atoms with Crippen LogP contribution in [0.4, 0.5) is 10.3 Å². The molecule has 0 atom stereocenters. The highest BCUT2D eigenvalue weighted by Gasteiger charge is 2.17. The molecular formula is C15H18FN3. The van der Waals surface area contributed by atoms with Gasteiger partial charge in [0.15, 0.2) is 0 Å². The van der Waals surface area contributed by atoms with Gasteiger partial charge in [-0.1, -0.05) is 12.8 Å². The van der Waals surface area contributed by atoms with E-state index in [4.69, 9.17) is 0 Å². The third-order valence-electron chi connectivity index (χ3n) is 3.75. The van der Waals surface area contributed by atoms with Gasteiger partial charge in [-0.3, -0.25) is 4.57 Å². The second-order valence-corrected chi connectivity index (χ2v) is 5.18. The van der Waals surface area contributed by atoms with Gasteiger partial charge < -0.3 is 5.32 Å². The zero-order valence-electron chi connectivity index (χ0n) is 11.1. The molecule has 1 saturated carbocycles. The minimum Gasteiger partial charge on any atom is -0.353 e. The Morgan fingerprint density at radius 1 is 1.32 bits per heavy atom. The average Bonchev–Trinajstić information content (AvgIpc) is 3.02. The molecule has 0 spiro atoms. The van der Waals surface area contributed by atoms with E-state index in [0.29, 0.717) is 6.04 Å². The molecule has 3 rings (SSSR count). The number of imidazole rings is 1. The van der Waals surface area contributed by atoms with Crippen LogP contribution in [0.15, 0.2) is 30.6 Å². The third-order valence-corrected chi connectivity index (χ3v) is 3.75. The molecule has 19 heavy (non-hydrogen) atoms. The maximum atomic E-state index is 13.2. The van der Waals surface area contributed by atoms with Gasteiger partial charge >= 0.3 is 0 Å². The van der Waals surface area contributed by atoms with Crippen molar-refractivity contribution in [1.82, 2.24) is 9.55 Å². The van der Waals surface area contributed by atoms with Crippen molar-refractivity contribution in [2.45, 2.75) is 38.6 Å². The van der Waals surface area contributed by atoms with Gasteiger partial charge in [0.25, 0.3) is 0 Å². The zero-order chi connectivity index (χ0) is 13.2. The number of aryl methyl sites for hydroxylation is 1. The molecule has 3 nitrogen and oxygen atoms in total. The topological polar surface area (TPSA) is 29.9 Å². The van der Waals surface area contributed by atoms with Gasteiger partial charge in [-0.2, -0.15) is 0 Å². The van der Waals surface area contributed by atoms with Crippen LogP contribution in [0.2, 0.25) is 0 Å². The molecule has 1 aromatic heterocycles. The highest BCUT2D eigenvalue weighted by molar-refractivity contribution is 5.47. The molecule has 0 aliphatic heterocycles. The lowest BCUT2D eigenvalue weighted by atomic mass is 10.2. The molecule has 2 aromatic rings. The zero-order valence-corrected chi connectivity index (χ0v) is 11.1. The quantitative estimate of drug-likeness (QED) is 0.911. The molecule has 1 aliphatic carbocycles. The van der Waals surface area contributed by atoms with E-state index in [-0.39, 0.29) is 5.82 Å². The smallest absolute Gasteiger partial charge is 0.207 e. The van der Waals surface area contributed by atoms with E-state index < -0.39 is 0 Å². The number of benzene rings is 1. The van der Waals surface area contributed by atoms with Crippen LogP contribution in [0.25, 0.3) is 5.69 Å². The first-order chi connectivity index (χ1) is 9.24. The second kappa shape index (κ2) is 5.03. The van der Waals surface area contributed by atoms with Gasteiger partial charge in [0.2, 0.25) is 5.95 Å². The number of aromatic nitrogens is 2. The van der Waals surface area contributed by atoms with Crippen molar-refractivity contribution in [3.05, 3.63) is 42.0 Å². The molecule has 1 aromatic carbocycles. The van der Waals surface area contributed by atoms with Crippen LogP contribution >= 0.6 is 0 Å². The Kier molecular flexibility index (Phi) is 3.23. The van der Waals surface area contributed by atoms with Crippen molar-refractivity contribution < 1.29 is 4.39 Å². The second-order valence-electron chi connectivity index (χ2n) is 5.18. The molecule has 1 N–H and O–H groups in total. The molecule has 4 heteroatoms. The fraction of sp³-hybridized carbons (Fsp3) is 0.400. The monoisotopic (exact) mass is 259 g/mol. The van der Waals surface area contributed by atoms with Crippen molar-refractivity contribution in [3.63, 3.8) is 0 Å². The molecule has 1 aliphatic rings. The summed E-state index contributed by atoms with van der Waals surface area (Å²) in [5.41, 5.74) is 1.88. The molecule has 0 unspecified atom stereocenters. The minimum atomic E-state index is -0.202. The van der Waals surface area contributed by atoms with Crippen LogP contribution in [-0.2, 0) is 0 Å². The lowest BCUT2D eigenvalue weighted by molar-refractivity contribution is 0.626. The maximum Gasteiger partial charge on any atom is 0.207 e. The first-order valence-electron chi connectivity index (χ1n) is 6.80. The number of hydrogen-bond acceptors (Lipinski definition) is 2. The summed E-state index contributed by atoms with van der Waals surface area (Å²) in [5, 5.41) is 3.49. The Morgan fingerprint density at radius 2 is 2.11 bits per heavy atom. The normalized spacial score (nSPS) is 15.9. The third kappa shape index (κ3) is 2.48. The highest BCUT2D eigenvalue weighted by Crippen LogP contribution is 2.24. The predicted octanol–water partition coefficient (Wildman–Crippen LogP) is 3.67. The highest BCUT2D eigenvalue weighted by atomic mass is 19.1. The number of anilines is 1. The number of nitrogens with one attached hydrogen (secondary N) is 1. The maximum absolute atomic E-state index is 13.2. The summed E-state index contributed by atoms with van der Waals surface area (Å²) in [6.45, 7) is 1.91. The van der Waals surface area contributed by atoms with Crippen LogP contribution in [0.1, 0.15) is 31.2 Å². The molecule has 0 bridgehead atoms. The van der Waals surface area contributed by atoms with Gasteiger partial charge in [0.05, 0.1) is 5.69 Å². The molecule has 100 valence electrons. The van der Waals surface area contributed by atoms with Crippen molar-refractivity contribution in [1.29, 1.82) is 0 Å². The van der Waals surface area contributed by atoms with Crippen molar-refractivity contribution in [2.24, 2.45) is 0 Å². The Bertz CT molecular complexity index is 571. The summed E-state index contributed by atoms with van der Waals surface area (Å²) in [7, 11) is 0. The first kappa shape index (κ1) is 12.2. The average molecular weight is 259 g/mol. The molecule has 0 saturated heterocycles. The van der Waals surface area contributed by atoms with E-state index in [9.17, 15) is 4.39 Å². The number of nitrogens with zero attached hydrogens (tertiary/aromatic N) is 2. The van der Waals surface area contributed by atoms with E-state index in [2.05, 4.69) is 10.3 Å². The Hall–Kier alpha value is -1.84. The van der Waals surface area contributed by atoms with Gasteiger partial charge in [-0.25, -0.2) is 9.37 Å². The molecule has 0 amide bonds. The fourth-order valence-corrected chi connectivity index (χ4v) is 2.75. The van der Waals surface area contributed by atoms with Crippen LogP contribution < -0.4 is 5.32 Å².